The third kappa shape index (κ3) is 6.57. The summed E-state index contributed by atoms with van der Waals surface area (Å²) in [6, 6.07) is 0. The third-order valence-corrected chi connectivity index (χ3v) is 1.13. The van der Waals surface area contributed by atoms with Gasteiger partial charge in [-0.05, 0) is 27.7 Å². The summed E-state index contributed by atoms with van der Waals surface area (Å²) in [5.74, 6) is 0. The van der Waals surface area contributed by atoms with Crippen LogP contribution >= 0.6 is 0 Å². The highest BCUT2D eigenvalue weighted by Gasteiger charge is 2.04. The largest absolute Gasteiger partial charge is 0.368 e. The normalized spacial score (nSPS) is 11.9. The molecule has 0 saturated carbocycles. The summed E-state index contributed by atoms with van der Waals surface area (Å²) < 4.78 is 10.6. The lowest BCUT2D eigenvalue weighted by molar-refractivity contribution is -0.131. The molecule has 0 spiro atoms. The maximum Gasteiger partial charge on any atom is 0.219 e. The molecule has 58 valence electrons. The monoisotopic (exact) mass is 158 g/mol. The fourth-order valence-corrected chi connectivity index (χ4v) is 1.20. The zero-order valence-corrected chi connectivity index (χ0v) is 8.28. The molecule has 0 N–H and O–H groups in total. The van der Waals surface area contributed by atoms with E-state index in [9.17, 15) is 0 Å². The Morgan fingerprint density at radius 3 is 1.40 bits per heavy atom. The van der Waals surface area contributed by atoms with Gasteiger partial charge in [0.15, 0.2) is 0 Å². The molecule has 0 aromatic carbocycles. The van der Waals surface area contributed by atoms with Crippen LogP contribution in [0.4, 0.5) is 0 Å². The van der Waals surface area contributed by atoms with Gasteiger partial charge in [0.05, 0.1) is 17.4 Å². The van der Waals surface area contributed by atoms with Gasteiger partial charge in [0.1, 0.15) is 0 Å². The first-order chi connectivity index (χ1) is 4.52. The molecule has 0 bridgehead atoms. The zero-order chi connectivity index (χ0) is 8.15. The molecule has 0 aromatic heterocycles. The topological polar surface area (TPSA) is 18.5 Å². The minimum atomic E-state index is -0.167. The Morgan fingerprint density at radius 2 is 1.20 bits per heavy atom. The Kier molecular flexibility index (Phi) is 5.38. The molecule has 0 fully saturated rings. The fourth-order valence-electron chi connectivity index (χ4n) is 0.569. The van der Waals surface area contributed by atoms with Crippen molar-refractivity contribution < 1.29 is 9.47 Å². The molecule has 3 heteroatoms. The summed E-state index contributed by atoms with van der Waals surface area (Å²) in [5.41, 5.74) is 0. The van der Waals surface area contributed by atoms with Crippen molar-refractivity contribution in [3.05, 3.63) is 0 Å². The third-order valence-electron chi connectivity index (χ3n) is 0.813. The first kappa shape index (κ1) is 10.5. The average molecular weight is 158 g/mol. The summed E-state index contributed by atoms with van der Waals surface area (Å²) in [5, 5.41) is -0.167. The lowest BCUT2D eigenvalue weighted by atomic mass is 10.5. The van der Waals surface area contributed by atoms with Gasteiger partial charge in [-0.25, -0.2) is 0 Å². The van der Waals surface area contributed by atoms with Crippen LogP contribution in [-0.2, 0) is 9.47 Å². The van der Waals surface area contributed by atoms with Crippen molar-refractivity contribution in [3.63, 3.8) is 0 Å². The van der Waals surface area contributed by atoms with Crippen molar-refractivity contribution in [2.45, 2.75) is 45.1 Å². The van der Waals surface area contributed by atoms with Gasteiger partial charge in [0.25, 0.3) is 0 Å². The zero-order valence-electron chi connectivity index (χ0n) is 7.13. The van der Waals surface area contributed by atoms with Crippen molar-refractivity contribution in [1.82, 2.24) is 0 Å². The summed E-state index contributed by atoms with van der Waals surface area (Å²) >= 11 is 2.50. The van der Waals surface area contributed by atoms with Gasteiger partial charge in [-0.15, -0.1) is 0 Å². The van der Waals surface area contributed by atoms with Crippen LogP contribution < -0.4 is 0 Å². The summed E-state index contributed by atoms with van der Waals surface area (Å²) in [6.07, 6.45) is 0.447. The van der Waals surface area contributed by atoms with Gasteiger partial charge in [0.2, 0.25) is 16.3 Å². The number of hydrogen-bond acceptors (Lipinski definition) is 2. The molecule has 2 nitrogen and oxygen atoms in total. The SMILES string of the molecule is CC(C)O[CH]([Al])OC(C)C. The minimum absolute atomic E-state index is 0.167. The highest BCUT2D eigenvalue weighted by molar-refractivity contribution is 6.10. The minimum Gasteiger partial charge on any atom is -0.368 e. The van der Waals surface area contributed by atoms with Crippen molar-refractivity contribution in [2.24, 2.45) is 0 Å². The maximum absolute atomic E-state index is 5.30. The fraction of sp³-hybridized carbons (Fsp3) is 1.00. The molecule has 0 heterocycles. The maximum atomic E-state index is 5.30. The highest BCUT2D eigenvalue weighted by Crippen LogP contribution is 1.99. The quantitative estimate of drug-likeness (QED) is 0.453. The molecule has 10 heavy (non-hydrogen) atoms. The van der Waals surface area contributed by atoms with Crippen LogP contribution in [0, 0.1) is 0 Å². The lowest BCUT2D eigenvalue weighted by Crippen LogP contribution is -2.24. The molecule has 2 radical (unpaired) electrons. The average Bonchev–Trinajstić information content (AvgIpc) is 1.58. The Hall–Kier alpha value is 0.452. The summed E-state index contributed by atoms with van der Waals surface area (Å²) in [4.78, 5) is 0. The molecule has 0 aliphatic heterocycles. The highest BCUT2D eigenvalue weighted by atomic mass is 27.0. The number of hydrogen-bond donors (Lipinski definition) is 0. The van der Waals surface area contributed by atoms with E-state index in [1.54, 1.807) is 0 Å². The standard InChI is InChI=1S/C7H15O2.Al/c1-6(2)8-5-9-7(3)4;/h5-7H,1-4H3;. The Bertz CT molecular complexity index is 73.7. The smallest absolute Gasteiger partial charge is 0.219 e. The second-order valence-corrected chi connectivity index (χ2v) is 3.28. The molecule has 0 aromatic rings. The molecule has 0 aliphatic carbocycles. The van der Waals surface area contributed by atoms with E-state index < -0.39 is 0 Å². The van der Waals surface area contributed by atoms with Crippen LogP contribution in [0.5, 0.6) is 0 Å². The van der Waals surface area contributed by atoms with Crippen molar-refractivity contribution in [2.75, 3.05) is 0 Å². The predicted octanol–water partition coefficient (Wildman–Crippen LogP) is 1.29. The molecule has 0 rings (SSSR count). The summed E-state index contributed by atoms with van der Waals surface area (Å²) in [6.45, 7) is 7.95. The van der Waals surface area contributed by atoms with Gasteiger partial charge in [-0.2, -0.15) is 0 Å². The van der Waals surface area contributed by atoms with Crippen LogP contribution in [0.25, 0.3) is 0 Å². The van der Waals surface area contributed by atoms with Crippen LogP contribution in [0.3, 0.4) is 0 Å². The van der Waals surface area contributed by atoms with Gasteiger partial charge >= 0.3 is 0 Å². The first-order valence-corrected chi connectivity index (χ1v) is 4.25. The first-order valence-electron chi connectivity index (χ1n) is 3.59. The van der Waals surface area contributed by atoms with Crippen LogP contribution in [0.2, 0.25) is 0 Å². The van der Waals surface area contributed by atoms with E-state index in [2.05, 4.69) is 16.3 Å². The second kappa shape index (κ2) is 5.15. The van der Waals surface area contributed by atoms with Crippen molar-refractivity contribution >= 4 is 16.3 Å². The van der Waals surface area contributed by atoms with Crippen LogP contribution in [0.1, 0.15) is 27.7 Å². The van der Waals surface area contributed by atoms with Crippen LogP contribution in [-0.4, -0.2) is 33.7 Å². The number of ether oxygens (including phenoxy) is 2. The van der Waals surface area contributed by atoms with E-state index in [1.165, 1.54) is 0 Å². The molecule has 0 saturated heterocycles. The molecule has 0 atom stereocenters. The van der Waals surface area contributed by atoms with Gasteiger partial charge in [-0.3, -0.25) is 0 Å². The van der Waals surface area contributed by atoms with Crippen molar-refractivity contribution in [1.29, 1.82) is 0 Å². The van der Waals surface area contributed by atoms with E-state index in [0.717, 1.165) is 0 Å². The summed E-state index contributed by atoms with van der Waals surface area (Å²) in [7, 11) is 0. The van der Waals surface area contributed by atoms with Gasteiger partial charge in [-0.1, -0.05) is 0 Å². The lowest BCUT2D eigenvalue weighted by Gasteiger charge is -2.20. The van der Waals surface area contributed by atoms with E-state index >= 15 is 0 Å². The Morgan fingerprint density at radius 1 is 0.900 bits per heavy atom. The number of rotatable bonds is 4. The van der Waals surface area contributed by atoms with E-state index in [0.29, 0.717) is 0 Å². The van der Waals surface area contributed by atoms with Crippen molar-refractivity contribution in [3.8, 4) is 0 Å². The molecule has 0 aliphatic rings. The van der Waals surface area contributed by atoms with Gasteiger partial charge in [0, 0.05) is 0 Å². The Balaban J connectivity index is 3.34. The van der Waals surface area contributed by atoms with E-state index in [-0.39, 0.29) is 17.4 Å². The van der Waals surface area contributed by atoms with Crippen LogP contribution in [0.15, 0.2) is 0 Å². The Labute approximate surface area is 71.3 Å². The van der Waals surface area contributed by atoms with E-state index in [1.807, 2.05) is 27.7 Å². The van der Waals surface area contributed by atoms with E-state index in [4.69, 9.17) is 9.47 Å². The second-order valence-electron chi connectivity index (χ2n) is 2.74. The molecule has 0 unspecified atom stereocenters. The molecule has 0 amide bonds. The molecular weight excluding hydrogens is 143 g/mol. The predicted molar refractivity (Wildman–Crippen MR) is 42.0 cm³/mol. The van der Waals surface area contributed by atoms with Gasteiger partial charge < -0.3 is 9.47 Å². The molecular formula is C7H15AlO2.